The lowest BCUT2D eigenvalue weighted by molar-refractivity contribution is -0.123. The number of anilines is 1. The third kappa shape index (κ3) is 4.01. The fraction of sp³-hybridized carbons (Fsp3) is 0.346. The first-order chi connectivity index (χ1) is 17.2. The van der Waals surface area contributed by atoms with Gasteiger partial charge < -0.3 is 25.4 Å². The molecule has 1 fully saturated rings. The van der Waals surface area contributed by atoms with E-state index in [4.69, 9.17) is 10.2 Å². The molecule has 0 radical (unpaired) electrons. The van der Waals surface area contributed by atoms with Gasteiger partial charge in [0.05, 0.1) is 23.8 Å². The molecule has 1 amide bonds. The van der Waals surface area contributed by atoms with Crippen LogP contribution >= 0.6 is 0 Å². The molecule has 0 spiro atoms. The first-order valence-corrected chi connectivity index (χ1v) is 11.9. The average molecular weight is 496 g/mol. The molecule has 2 heterocycles. The number of nitrogen functional groups attached to an aromatic ring is 1. The molecule has 0 bridgehead atoms. The second-order valence-corrected chi connectivity index (χ2v) is 9.18. The van der Waals surface area contributed by atoms with Crippen LogP contribution in [0, 0.1) is 18.6 Å². The maximum Gasteiger partial charge on any atom is 0.281 e. The van der Waals surface area contributed by atoms with Crippen LogP contribution in [0.2, 0.25) is 0 Å². The summed E-state index contributed by atoms with van der Waals surface area (Å²) in [5.74, 6) is -1.37. The number of likely N-dealkylation sites (N-methyl/N-ethyl adjacent to an activating group) is 1. The number of hydrogen-bond donors (Lipinski definition) is 3. The van der Waals surface area contributed by atoms with Crippen LogP contribution in [0.3, 0.4) is 0 Å². The number of oxazole rings is 1. The molecule has 10 heteroatoms. The van der Waals surface area contributed by atoms with Gasteiger partial charge in [-0.2, -0.15) is 0 Å². The van der Waals surface area contributed by atoms with E-state index in [1.165, 1.54) is 0 Å². The maximum atomic E-state index is 14.8. The van der Waals surface area contributed by atoms with Crippen molar-refractivity contribution >= 4 is 33.6 Å². The van der Waals surface area contributed by atoms with E-state index in [-0.39, 0.29) is 52.8 Å². The number of benzene rings is 2. The number of amides is 1. The van der Waals surface area contributed by atoms with E-state index in [1.54, 1.807) is 30.5 Å². The number of carbonyl (C=O) groups excluding carboxylic acids is 1. The number of aromatic nitrogens is 2. The summed E-state index contributed by atoms with van der Waals surface area (Å²) in [5, 5.41) is 6.44. The van der Waals surface area contributed by atoms with Crippen molar-refractivity contribution in [3.63, 3.8) is 0 Å². The van der Waals surface area contributed by atoms with Crippen molar-refractivity contribution in [3.8, 4) is 11.1 Å². The molecule has 4 N–H and O–H groups in total. The van der Waals surface area contributed by atoms with Gasteiger partial charge in [0.1, 0.15) is 11.6 Å². The number of halogens is 2. The number of aryl methyl sites for hydroxylation is 1. The molecule has 0 saturated heterocycles. The number of pyridine rings is 1. The van der Waals surface area contributed by atoms with Crippen molar-refractivity contribution in [2.75, 3.05) is 12.3 Å². The van der Waals surface area contributed by atoms with Crippen LogP contribution in [-0.4, -0.2) is 28.0 Å². The van der Waals surface area contributed by atoms with E-state index in [0.717, 1.165) is 25.0 Å². The normalized spacial score (nSPS) is 14.5. The minimum Gasteiger partial charge on any atom is -0.438 e. The molecule has 188 valence electrons. The van der Waals surface area contributed by atoms with E-state index >= 15 is 0 Å². The van der Waals surface area contributed by atoms with E-state index in [9.17, 15) is 18.4 Å². The minimum absolute atomic E-state index is 0.00725. The van der Waals surface area contributed by atoms with Crippen LogP contribution in [0.15, 0.2) is 33.5 Å². The van der Waals surface area contributed by atoms with Gasteiger partial charge in [-0.05, 0) is 56.5 Å². The van der Waals surface area contributed by atoms with Crippen molar-refractivity contribution in [2.24, 2.45) is 0 Å². The number of carbonyl (C=O) groups is 1. The van der Waals surface area contributed by atoms with E-state index in [0.29, 0.717) is 34.2 Å². The molecule has 0 aliphatic heterocycles. The van der Waals surface area contributed by atoms with E-state index < -0.39 is 11.6 Å². The Morgan fingerprint density at radius 1 is 1.25 bits per heavy atom. The number of rotatable bonds is 7. The maximum absolute atomic E-state index is 14.8. The van der Waals surface area contributed by atoms with Crippen molar-refractivity contribution in [2.45, 2.75) is 52.2 Å². The number of fused-ring (bicyclic) bond motifs is 3. The highest BCUT2D eigenvalue weighted by Gasteiger charge is 2.30. The highest BCUT2D eigenvalue weighted by Crippen LogP contribution is 2.41. The van der Waals surface area contributed by atoms with Crippen molar-refractivity contribution in [1.29, 1.82) is 0 Å². The van der Waals surface area contributed by atoms with Gasteiger partial charge in [-0.3, -0.25) is 9.59 Å². The summed E-state index contributed by atoms with van der Waals surface area (Å²) >= 11 is 0. The number of nitrogens with two attached hydrogens (primary N) is 1. The Labute approximate surface area is 205 Å². The zero-order valence-corrected chi connectivity index (χ0v) is 20.2. The number of nitrogens with one attached hydrogen (secondary N) is 2. The molecule has 5 rings (SSSR count). The highest BCUT2D eigenvalue weighted by molar-refractivity contribution is 6.04. The molecule has 36 heavy (non-hydrogen) atoms. The minimum atomic E-state index is -0.716. The second-order valence-electron chi connectivity index (χ2n) is 9.18. The Bertz CT molecular complexity index is 1570. The van der Waals surface area contributed by atoms with E-state index in [2.05, 4.69) is 15.6 Å². The molecule has 1 aliphatic carbocycles. The molecule has 4 aromatic rings. The molecular formula is C26H27F2N5O3. The topological polar surface area (TPSA) is 115 Å². The summed E-state index contributed by atoms with van der Waals surface area (Å²) in [6.45, 7) is 6.11. The van der Waals surface area contributed by atoms with Crippen LogP contribution in [-0.2, 0) is 11.3 Å². The van der Waals surface area contributed by atoms with Gasteiger partial charge in [0.15, 0.2) is 11.1 Å². The lowest BCUT2D eigenvalue weighted by Crippen LogP contribution is -2.41. The Balaban J connectivity index is 1.65. The highest BCUT2D eigenvalue weighted by atomic mass is 19.1. The molecule has 2 aromatic heterocycles. The summed E-state index contributed by atoms with van der Waals surface area (Å²) in [4.78, 5) is 30.2. The quantitative estimate of drug-likeness (QED) is 0.335. The summed E-state index contributed by atoms with van der Waals surface area (Å²) < 4.78 is 36.6. The molecule has 1 atom stereocenters. The van der Waals surface area contributed by atoms with Gasteiger partial charge in [0.2, 0.25) is 11.8 Å². The molecule has 0 unspecified atom stereocenters. The lowest BCUT2D eigenvalue weighted by atomic mass is 9.96. The lowest BCUT2D eigenvalue weighted by Gasteiger charge is -2.16. The van der Waals surface area contributed by atoms with Gasteiger partial charge in [-0.15, -0.1) is 0 Å². The van der Waals surface area contributed by atoms with E-state index in [1.807, 2.05) is 6.92 Å². The predicted molar refractivity (Wildman–Crippen MR) is 134 cm³/mol. The molecule has 8 nitrogen and oxygen atoms in total. The van der Waals surface area contributed by atoms with Crippen LogP contribution in [0.4, 0.5) is 14.5 Å². The molecule has 2 aromatic carbocycles. The molecular weight excluding hydrogens is 468 g/mol. The zero-order chi connectivity index (χ0) is 25.7. The zero-order valence-electron chi connectivity index (χ0n) is 20.2. The largest absolute Gasteiger partial charge is 0.438 e. The first kappa shape index (κ1) is 23.9. The van der Waals surface area contributed by atoms with Gasteiger partial charge in [-0.25, -0.2) is 13.8 Å². The number of hydrogen-bond acceptors (Lipinski definition) is 6. The smallest absolute Gasteiger partial charge is 0.281 e. The summed E-state index contributed by atoms with van der Waals surface area (Å²) in [6.07, 6.45) is 1.66. The number of nitrogens with zero attached hydrogens (tertiary/aromatic N) is 2. The van der Waals surface area contributed by atoms with Gasteiger partial charge in [-0.1, -0.05) is 13.0 Å². The fourth-order valence-electron chi connectivity index (χ4n) is 4.63. The van der Waals surface area contributed by atoms with Crippen LogP contribution in [0.25, 0.3) is 33.1 Å². The van der Waals surface area contributed by atoms with Crippen molar-refractivity contribution in [1.82, 2.24) is 20.2 Å². The third-order valence-corrected chi connectivity index (χ3v) is 6.62. The summed E-state index contributed by atoms with van der Waals surface area (Å²) in [6, 6.07) is 5.04. The fourth-order valence-corrected chi connectivity index (χ4v) is 4.63. The average Bonchev–Trinajstić information content (AvgIpc) is 3.58. The second kappa shape index (κ2) is 9.02. The first-order valence-electron chi connectivity index (χ1n) is 11.9. The van der Waals surface area contributed by atoms with Crippen LogP contribution in [0.5, 0.6) is 0 Å². The van der Waals surface area contributed by atoms with Gasteiger partial charge >= 0.3 is 0 Å². The van der Waals surface area contributed by atoms with Gasteiger partial charge in [0, 0.05) is 23.1 Å². The Hall–Kier alpha value is -3.79. The third-order valence-electron chi connectivity index (χ3n) is 6.62. The van der Waals surface area contributed by atoms with Gasteiger partial charge in [0.25, 0.3) is 5.56 Å². The monoisotopic (exact) mass is 495 g/mol. The standard InChI is InChI=1S/C26H27F2N5O3/c1-4-30-13(3)25(34)31-11-21-32-22-24(36-21)16-8-7-15(17-9-19(28)20(29)10-18(17)27)12(2)23(16)33(26(22)35)14-5-6-14/h7-10,13-14,30H,4-6,11,29H2,1-3H3,(H,31,34)/t13-/m1/s1. The summed E-state index contributed by atoms with van der Waals surface area (Å²) in [7, 11) is 0. The predicted octanol–water partition coefficient (Wildman–Crippen LogP) is 3.93. The molecule has 1 saturated carbocycles. The Kier molecular flexibility index (Phi) is 5.99. The van der Waals surface area contributed by atoms with Crippen LogP contribution in [0.1, 0.15) is 44.2 Å². The van der Waals surface area contributed by atoms with Crippen LogP contribution < -0.4 is 21.9 Å². The SMILES string of the molecule is CCN[C@H](C)C(=O)NCc1nc2c(=O)n(C3CC3)c3c(C)c(-c4cc(F)c(N)cc4F)ccc3c2o1. The van der Waals surface area contributed by atoms with Crippen molar-refractivity contribution in [3.05, 3.63) is 57.7 Å². The Morgan fingerprint density at radius 3 is 2.69 bits per heavy atom. The molecule has 1 aliphatic rings. The van der Waals surface area contributed by atoms with Crippen molar-refractivity contribution < 1.29 is 18.0 Å². The summed E-state index contributed by atoms with van der Waals surface area (Å²) in [5.41, 5.74) is 7.14. The Morgan fingerprint density at radius 2 is 2.00 bits per heavy atom.